The van der Waals surface area contributed by atoms with Crippen LogP contribution in [0.25, 0.3) is 0 Å². The molecule has 0 spiro atoms. The first-order valence-corrected chi connectivity index (χ1v) is 12.1. The van der Waals surface area contributed by atoms with Gasteiger partial charge in [0.1, 0.15) is 11.5 Å². The number of rotatable bonds is 8. The molecular formula is C29H40O6. The van der Waals surface area contributed by atoms with Gasteiger partial charge in [0.25, 0.3) is 0 Å². The molecule has 35 heavy (non-hydrogen) atoms. The first kappa shape index (κ1) is 28.2. The van der Waals surface area contributed by atoms with Crippen molar-refractivity contribution in [2.24, 2.45) is 5.92 Å². The zero-order chi connectivity index (χ0) is 26.9. The van der Waals surface area contributed by atoms with Crippen molar-refractivity contribution in [1.29, 1.82) is 0 Å². The van der Waals surface area contributed by atoms with E-state index in [0.717, 1.165) is 22.3 Å². The van der Waals surface area contributed by atoms with E-state index >= 15 is 0 Å². The molecule has 0 saturated carbocycles. The maximum absolute atomic E-state index is 12.3. The summed E-state index contributed by atoms with van der Waals surface area (Å²) in [6.07, 6.45) is 0.594. The van der Waals surface area contributed by atoms with Crippen molar-refractivity contribution in [3.05, 3.63) is 57.1 Å². The molecule has 0 aliphatic rings. The molecule has 2 aromatic rings. The number of carboxylic acids is 2. The van der Waals surface area contributed by atoms with Crippen molar-refractivity contribution in [3.63, 3.8) is 0 Å². The van der Waals surface area contributed by atoms with Crippen LogP contribution in [-0.4, -0.2) is 32.4 Å². The molecule has 1 unspecified atom stereocenters. The molecule has 0 heterocycles. The van der Waals surface area contributed by atoms with Crippen LogP contribution >= 0.6 is 0 Å². The van der Waals surface area contributed by atoms with Gasteiger partial charge in [-0.2, -0.15) is 0 Å². The molecule has 0 aliphatic heterocycles. The molecule has 0 aromatic heterocycles. The normalized spacial score (nSPS) is 13.0. The van der Waals surface area contributed by atoms with Crippen molar-refractivity contribution in [2.75, 3.05) is 0 Å². The van der Waals surface area contributed by atoms with Crippen LogP contribution < -0.4 is 0 Å². The lowest BCUT2D eigenvalue weighted by Crippen LogP contribution is -2.22. The second kappa shape index (κ2) is 10.3. The standard InChI is InChI=1S/C29H40O6/c1-16-11-18(13-22(25(16)32)28(3,4)5)12-20(27(34)35)14-21-17(2)26(33)23(29(6,7)8)15-19(21)9-10-24(30)31/h11,13,15,20,32-33H,9-10,12,14H2,1-8H3,(H,30,31)(H,34,35). The third kappa shape index (κ3) is 6.77. The van der Waals surface area contributed by atoms with Crippen molar-refractivity contribution in [2.45, 2.75) is 91.9 Å². The number of aromatic hydroxyl groups is 2. The fraction of sp³-hybridized carbons (Fsp3) is 0.517. The number of phenolic OH excluding ortho intramolecular Hbond substituents is 2. The fourth-order valence-corrected chi connectivity index (χ4v) is 4.56. The minimum absolute atomic E-state index is 0.0787. The molecule has 2 rings (SSSR count). The van der Waals surface area contributed by atoms with Gasteiger partial charge >= 0.3 is 11.9 Å². The molecule has 6 nitrogen and oxygen atoms in total. The highest BCUT2D eigenvalue weighted by molar-refractivity contribution is 5.72. The number of phenols is 2. The Morgan fingerprint density at radius 1 is 0.829 bits per heavy atom. The molecule has 0 aliphatic carbocycles. The van der Waals surface area contributed by atoms with E-state index in [1.807, 2.05) is 59.7 Å². The van der Waals surface area contributed by atoms with E-state index in [2.05, 4.69) is 0 Å². The van der Waals surface area contributed by atoms with E-state index in [4.69, 9.17) is 0 Å². The van der Waals surface area contributed by atoms with Gasteiger partial charge in [-0.1, -0.05) is 59.7 Å². The number of carboxylic acid groups (broad SMARTS) is 2. The van der Waals surface area contributed by atoms with E-state index in [1.54, 1.807) is 13.8 Å². The van der Waals surface area contributed by atoms with Crippen molar-refractivity contribution >= 4 is 11.9 Å². The molecule has 2 aromatic carbocycles. The van der Waals surface area contributed by atoms with Gasteiger partial charge in [0.05, 0.1) is 5.92 Å². The third-order valence-electron chi connectivity index (χ3n) is 6.64. The lowest BCUT2D eigenvalue weighted by Gasteiger charge is -2.26. The van der Waals surface area contributed by atoms with Gasteiger partial charge in [-0.25, -0.2) is 0 Å². The molecule has 0 amide bonds. The highest BCUT2D eigenvalue weighted by Gasteiger charge is 2.28. The summed E-state index contributed by atoms with van der Waals surface area (Å²) in [6.45, 7) is 15.5. The average molecular weight is 485 g/mol. The van der Waals surface area contributed by atoms with Gasteiger partial charge in [0.2, 0.25) is 0 Å². The Hall–Kier alpha value is -3.02. The summed E-state index contributed by atoms with van der Waals surface area (Å²) in [5.74, 6) is -2.32. The van der Waals surface area contributed by atoms with Crippen LogP contribution in [0.3, 0.4) is 0 Å². The van der Waals surface area contributed by atoms with Crippen LogP contribution in [0.1, 0.15) is 86.9 Å². The van der Waals surface area contributed by atoms with Gasteiger partial charge < -0.3 is 20.4 Å². The Labute approximate surface area is 208 Å². The van der Waals surface area contributed by atoms with Crippen molar-refractivity contribution in [1.82, 2.24) is 0 Å². The quantitative estimate of drug-likeness (QED) is 0.376. The highest BCUT2D eigenvalue weighted by atomic mass is 16.4. The maximum atomic E-state index is 12.3. The SMILES string of the molecule is Cc1cc(CC(Cc2c(CCC(=O)O)cc(C(C)(C)C)c(O)c2C)C(=O)O)cc(C(C)(C)C)c1O. The lowest BCUT2D eigenvalue weighted by atomic mass is 9.79. The van der Waals surface area contributed by atoms with Crippen LogP contribution in [0.15, 0.2) is 18.2 Å². The Morgan fingerprint density at radius 3 is 1.86 bits per heavy atom. The summed E-state index contributed by atoms with van der Waals surface area (Å²) >= 11 is 0. The van der Waals surface area contributed by atoms with Gasteiger partial charge in [0.15, 0.2) is 0 Å². The second-order valence-corrected chi connectivity index (χ2v) is 11.7. The fourth-order valence-electron chi connectivity index (χ4n) is 4.56. The van der Waals surface area contributed by atoms with Gasteiger partial charge in [-0.05, 0) is 82.9 Å². The van der Waals surface area contributed by atoms with Crippen LogP contribution in [0.2, 0.25) is 0 Å². The minimum atomic E-state index is -0.962. The van der Waals surface area contributed by atoms with Crippen molar-refractivity contribution < 1.29 is 30.0 Å². The Balaban J connectivity index is 2.56. The van der Waals surface area contributed by atoms with E-state index in [1.165, 1.54) is 0 Å². The highest BCUT2D eigenvalue weighted by Crippen LogP contribution is 2.39. The number of benzene rings is 2. The van der Waals surface area contributed by atoms with Crippen LogP contribution in [-0.2, 0) is 39.7 Å². The van der Waals surface area contributed by atoms with E-state index in [9.17, 15) is 30.0 Å². The van der Waals surface area contributed by atoms with Gasteiger partial charge in [-0.15, -0.1) is 0 Å². The molecule has 192 valence electrons. The zero-order valence-corrected chi connectivity index (χ0v) is 22.2. The van der Waals surface area contributed by atoms with E-state index < -0.39 is 17.9 Å². The van der Waals surface area contributed by atoms with Crippen LogP contribution in [0, 0.1) is 19.8 Å². The second-order valence-electron chi connectivity index (χ2n) is 11.7. The Morgan fingerprint density at radius 2 is 1.37 bits per heavy atom. The van der Waals surface area contributed by atoms with E-state index in [0.29, 0.717) is 16.7 Å². The third-order valence-corrected chi connectivity index (χ3v) is 6.64. The van der Waals surface area contributed by atoms with Crippen LogP contribution in [0.4, 0.5) is 0 Å². The molecule has 4 N–H and O–H groups in total. The summed E-state index contributed by atoms with van der Waals surface area (Å²) < 4.78 is 0. The van der Waals surface area contributed by atoms with Gasteiger partial charge in [-0.3, -0.25) is 9.59 Å². The Kier molecular flexibility index (Phi) is 8.31. The summed E-state index contributed by atoms with van der Waals surface area (Å²) in [5.41, 5.74) is 4.38. The first-order valence-electron chi connectivity index (χ1n) is 12.1. The monoisotopic (exact) mass is 484 g/mol. The molecule has 0 saturated heterocycles. The summed E-state index contributed by atoms with van der Waals surface area (Å²) in [6, 6.07) is 5.53. The number of aryl methyl sites for hydroxylation is 2. The Bertz CT molecular complexity index is 1120. The number of carbonyl (C=O) groups is 2. The molecule has 1 atom stereocenters. The molecule has 6 heteroatoms. The van der Waals surface area contributed by atoms with Crippen LogP contribution in [0.5, 0.6) is 11.5 Å². The molecule has 0 fully saturated rings. The molecule has 0 radical (unpaired) electrons. The number of hydrogen-bond donors (Lipinski definition) is 4. The van der Waals surface area contributed by atoms with Gasteiger partial charge in [0, 0.05) is 6.42 Å². The lowest BCUT2D eigenvalue weighted by molar-refractivity contribution is -0.141. The summed E-state index contributed by atoms with van der Waals surface area (Å²) in [7, 11) is 0. The summed E-state index contributed by atoms with van der Waals surface area (Å²) in [5, 5.41) is 40.9. The predicted octanol–water partition coefficient (Wildman–Crippen LogP) is 5.81. The number of hydrogen-bond acceptors (Lipinski definition) is 4. The predicted molar refractivity (Wildman–Crippen MR) is 138 cm³/mol. The van der Waals surface area contributed by atoms with Crippen molar-refractivity contribution in [3.8, 4) is 11.5 Å². The topological polar surface area (TPSA) is 115 Å². The number of aliphatic carboxylic acids is 2. The zero-order valence-electron chi connectivity index (χ0n) is 22.2. The smallest absolute Gasteiger partial charge is 0.307 e. The molecule has 0 bridgehead atoms. The van der Waals surface area contributed by atoms with E-state index in [-0.39, 0.29) is 48.0 Å². The maximum Gasteiger partial charge on any atom is 0.307 e. The largest absolute Gasteiger partial charge is 0.507 e. The summed E-state index contributed by atoms with van der Waals surface area (Å²) in [4.78, 5) is 23.6. The first-order chi connectivity index (χ1) is 15.9. The molecular weight excluding hydrogens is 444 g/mol. The average Bonchev–Trinajstić information content (AvgIpc) is 2.70. The minimum Gasteiger partial charge on any atom is -0.507 e.